The van der Waals surface area contributed by atoms with E-state index in [9.17, 15) is 4.79 Å². The number of anilines is 3. The van der Waals surface area contributed by atoms with Gasteiger partial charge in [0.25, 0.3) is 6.02 Å². The lowest BCUT2D eigenvalue weighted by atomic mass is 10.2. The van der Waals surface area contributed by atoms with Gasteiger partial charge in [0, 0.05) is 24.2 Å². The predicted molar refractivity (Wildman–Crippen MR) is 152 cm³/mol. The average molecular weight is 555 g/mol. The molecule has 2 aromatic carbocycles. The van der Waals surface area contributed by atoms with Crippen LogP contribution < -0.4 is 20.7 Å². The number of rotatable bonds is 10. The molecule has 0 spiro atoms. The molecule has 0 bridgehead atoms. The summed E-state index contributed by atoms with van der Waals surface area (Å²) in [4.78, 5) is 12.1. The van der Waals surface area contributed by atoms with Crippen molar-refractivity contribution in [3.8, 4) is 5.19 Å². The number of hydrogen-bond acceptors (Lipinski definition) is 10. The lowest BCUT2D eigenvalue weighted by molar-refractivity contribution is 0.262. The molecule has 0 unspecified atom stereocenters. The van der Waals surface area contributed by atoms with Gasteiger partial charge in [-0.25, -0.2) is 4.79 Å². The Labute approximate surface area is 226 Å². The number of urea groups is 1. The molecule has 13 heteroatoms. The summed E-state index contributed by atoms with van der Waals surface area (Å²) in [5, 5.41) is 35.2. The minimum atomic E-state index is -0.345. The first kappa shape index (κ1) is 26.5. The van der Waals surface area contributed by atoms with Gasteiger partial charge in [-0.15, -0.1) is 15.3 Å². The van der Waals surface area contributed by atoms with Crippen LogP contribution in [0.5, 0.6) is 5.19 Å². The second-order valence-electron chi connectivity index (χ2n) is 7.94. The maximum Gasteiger partial charge on any atom is 0.325 e. The summed E-state index contributed by atoms with van der Waals surface area (Å²) in [7, 11) is 0. The van der Waals surface area contributed by atoms with Crippen molar-refractivity contribution >= 4 is 63.0 Å². The molecule has 0 aliphatic carbocycles. The number of carbonyl (C=O) groups excluding carboxylic acids is 1. The fourth-order valence-electron chi connectivity index (χ4n) is 2.98. The van der Waals surface area contributed by atoms with Gasteiger partial charge in [0.05, 0.1) is 0 Å². The van der Waals surface area contributed by atoms with Crippen LogP contribution in [0.1, 0.15) is 21.1 Å². The molecular formula is C24H26N8O2S3. The average Bonchev–Trinajstić information content (AvgIpc) is 3.51. The highest BCUT2D eigenvalue weighted by molar-refractivity contribution is 7.99. The molecule has 10 nitrogen and oxygen atoms in total. The Balaban J connectivity index is 1.11. The molecule has 0 aliphatic rings. The van der Waals surface area contributed by atoms with E-state index in [4.69, 9.17) is 10.1 Å². The number of ether oxygens (including phenoxy) is 1. The van der Waals surface area contributed by atoms with Gasteiger partial charge < -0.3 is 15.4 Å². The molecule has 4 N–H and O–H groups in total. The first-order valence-corrected chi connectivity index (χ1v) is 14.2. The summed E-state index contributed by atoms with van der Waals surface area (Å²) in [6, 6.07) is 14.8. The summed E-state index contributed by atoms with van der Waals surface area (Å²) in [5.41, 5.74) is 3.77. The molecule has 0 saturated heterocycles. The maximum absolute atomic E-state index is 12.1. The Morgan fingerprint density at radius 3 is 2.03 bits per heavy atom. The van der Waals surface area contributed by atoms with Crippen LogP contribution in [0, 0.1) is 19.3 Å². The molecule has 4 rings (SSSR count). The smallest absolute Gasteiger partial charge is 0.325 e. The Bertz CT molecular complexity index is 1220. The number of aromatic nitrogens is 4. The number of hydrogen-bond donors (Lipinski definition) is 4. The van der Waals surface area contributed by atoms with E-state index in [1.165, 1.54) is 22.7 Å². The van der Waals surface area contributed by atoms with Gasteiger partial charge in [0.2, 0.25) is 5.13 Å². The lowest BCUT2D eigenvalue weighted by Gasteiger charge is -2.06. The third kappa shape index (κ3) is 8.81. The normalized spacial score (nSPS) is 10.6. The molecule has 192 valence electrons. The summed E-state index contributed by atoms with van der Waals surface area (Å²) >= 11 is 4.48. The zero-order chi connectivity index (χ0) is 26.0. The van der Waals surface area contributed by atoms with Crippen molar-refractivity contribution in [2.75, 3.05) is 27.5 Å². The van der Waals surface area contributed by atoms with Crippen LogP contribution in [0.15, 0.2) is 48.5 Å². The molecule has 0 fully saturated rings. The number of thioether (sulfide) groups is 1. The van der Waals surface area contributed by atoms with E-state index in [1.807, 2.05) is 62.4 Å². The summed E-state index contributed by atoms with van der Waals surface area (Å²) in [5.74, 6) is 1.74. The Morgan fingerprint density at radius 2 is 1.38 bits per heavy atom. The molecular weight excluding hydrogens is 529 g/mol. The van der Waals surface area contributed by atoms with Gasteiger partial charge >= 0.3 is 11.2 Å². The molecule has 2 aromatic heterocycles. The van der Waals surface area contributed by atoms with E-state index in [1.54, 1.807) is 11.8 Å². The van der Waals surface area contributed by atoms with Gasteiger partial charge in [-0.2, -0.15) is 11.8 Å². The van der Waals surface area contributed by atoms with Crippen LogP contribution >= 0.6 is 34.4 Å². The monoisotopic (exact) mass is 554 g/mol. The summed E-state index contributed by atoms with van der Waals surface area (Å²) < 4.78 is 5.44. The highest BCUT2D eigenvalue weighted by Crippen LogP contribution is 2.21. The predicted octanol–water partition coefficient (Wildman–Crippen LogP) is 5.59. The number of carbonyl (C=O) groups is 1. The zero-order valence-electron chi connectivity index (χ0n) is 20.3. The van der Waals surface area contributed by atoms with Crippen molar-refractivity contribution in [2.24, 2.45) is 0 Å². The van der Waals surface area contributed by atoms with Crippen LogP contribution in [-0.4, -0.2) is 44.0 Å². The molecule has 2 amide bonds. The minimum Gasteiger partial charge on any atom is -0.396 e. The van der Waals surface area contributed by atoms with Gasteiger partial charge in [-0.3, -0.25) is 10.7 Å². The molecule has 4 aromatic rings. The van der Waals surface area contributed by atoms with E-state index in [2.05, 4.69) is 36.3 Å². The van der Waals surface area contributed by atoms with Crippen molar-refractivity contribution in [1.82, 2.24) is 20.4 Å². The van der Waals surface area contributed by atoms with Crippen LogP contribution in [-0.2, 0) is 12.8 Å². The molecule has 0 saturated carbocycles. The van der Waals surface area contributed by atoms with Gasteiger partial charge in [-0.1, -0.05) is 63.2 Å². The highest BCUT2D eigenvalue weighted by Gasteiger charge is 2.10. The molecule has 0 radical (unpaired) electrons. The number of benzene rings is 2. The van der Waals surface area contributed by atoms with Crippen LogP contribution in [0.4, 0.5) is 21.3 Å². The second kappa shape index (κ2) is 13.1. The quantitative estimate of drug-likeness (QED) is 0.113. The van der Waals surface area contributed by atoms with Gasteiger partial charge in [0.1, 0.15) is 10.0 Å². The number of amidine groups is 1. The summed E-state index contributed by atoms with van der Waals surface area (Å²) in [6.45, 7) is 4.00. The Hall–Kier alpha value is -3.55. The van der Waals surface area contributed by atoms with Crippen molar-refractivity contribution < 1.29 is 9.53 Å². The van der Waals surface area contributed by atoms with Gasteiger partial charge in [0.15, 0.2) is 0 Å². The van der Waals surface area contributed by atoms with Crippen molar-refractivity contribution in [1.29, 1.82) is 5.41 Å². The van der Waals surface area contributed by atoms with Crippen LogP contribution in [0.3, 0.4) is 0 Å². The van der Waals surface area contributed by atoms with Crippen LogP contribution in [0.25, 0.3) is 0 Å². The number of nitrogens with one attached hydrogen (secondary N) is 4. The number of aryl methyl sites for hydroxylation is 4. The standard InChI is InChI=1S/C24H26N8O2S3/c1-15-3-7-17(8-4-15)26-21(25)34-24-32-30-20(37-24)12-14-35-13-11-19-29-31-23(36-19)28-22(33)27-18-9-5-16(2)6-10-18/h3-10H,11-14H2,1-2H3,(H2,25,26)(H2,27,28,31,33). The molecule has 0 atom stereocenters. The van der Waals surface area contributed by atoms with Crippen molar-refractivity contribution in [2.45, 2.75) is 26.7 Å². The van der Waals surface area contributed by atoms with Crippen molar-refractivity contribution in [3.05, 3.63) is 69.7 Å². The number of nitrogens with zero attached hydrogens (tertiary/aromatic N) is 4. The number of amides is 2. The van der Waals surface area contributed by atoms with Crippen LogP contribution in [0.2, 0.25) is 0 Å². The Kier molecular flexibility index (Phi) is 9.40. The van der Waals surface area contributed by atoms with Gasteiger partial charge in [-0.05, 0) is 49.6 Å². The lowest BCUT2D eigenvalue weighted by Crippen LogP contribution is -2.19. The molecule has 0 aliphatic heterocycles. The third-order valence-electron chi connectivity index (χ3n) is 4.86. The first-order valence-electron chi connectivity index (χ1n) is 11.4. The maximum atomic E-state index is 12.1. The molecule has 37 heavy (non-hydrogen) atoms. The fourth-order valence-corrected chi connectivity index (χ4v) is 5.55. The topological polar surface area (TPSA) is 138 Å². The summed E-state index contributed by atoms with van der Waals surface area (Å²) in [6.07, 6.45) is 1.52. The largest absolute Gasteiger partial charge is 0.396 e. The second-order valence-corrected chi connectivity index (χ2v) is 11.3. The SMILES string of the molecule is Cc1ccc(NC(=N)Oc2nnc(CCSCCc3nnc(NC(=O)Nc4ccc(C)cc4)s3)s2)cc1. The first-order chi connectivity index (χ1) is 17.9. The van der Waals surface area contributed by atoms with E-state index in [0.717, 1.165) is 56.9 Å². The minimum absolute atomic E-state index is 0.0977. The zero-order valence-corrected chi connectivity index (χ0v) is 22.7. The fraction of sp³-hybridized carbons (Fsp3) is 0.250. The van der Waals surface area contributed by atoms with E-state index in [0.29, 0.717) is 10.3 Å². The van der Waals surface area contributed by atoms with E-state index in [-0.39, 0.29) is 12.1 Å². The van der Waals surface area contributed by atoms with Crippen molar-refractivity contribution in [3.63, 3.8) is 0 Å². The van der Waals surface area contributed by atoms with E-state index >= 15 is 0 Å². The van der Waals surface area contributed by atoms with E-state index < -0.39 is 0 Å². The molecule has 2 heterocycles. The Morgan fingerprint density at radius 1 is 0.811 bits per heavy atom. The third-order valence-corrected chi connectivity index (χ3v) is 7.61. The highest BCUT2D eigenvalue weighted by atomic mass is 32.2.